The van der Waals surface area contributed by atoms with Crippen molar-refractivity contribution in [2.45, 2.75) is 6.61 Å². The van der Waals surface area contributed by atoms with Crippen molar-refractivity contribution in [2.75, 3.05) is 0 Å². The third-order valence-corrected chi connectivity index (χ3v) is 2.92. The summed E-state index contributed by atoms with van der Waals surface area (Å²) in [6.45, 7) is -0.184. The molecule has 0 unspecified atom stereocenters. The SMILES string of the molecule is N#Cc1ccc(OCc2ccc(Cl)cc2[N+](=O)[O-])c(F)c1. The van der Waals surface area contributed by atoms with Gasteiger partial charge in [0.05, 0.1) is 22.1 Å². The molecule has 2 aromatic rings. The Hall–Kier alpha value is -2.65. The molecule has 0 saturated heterocycles. The highest BCUT2D eigenvalue weighted by atomic mass is 35.5. The lowest BCUT2D eigenvalue weighted by Crippen LogP contribution is -2.02. The second kappa shape index (κ2) is 6.20. The maximum Gasteiger partial charge on any atom is 0.277 e. The van der Waals surface area contributed by atoms with Crippen LogP contribution in [-0.4, -0.2) is 4.92 Å². The molecule has 0 fully saturated rings. The Bertz CT molecular complexity index is 743. The number of nitro groups is 1. The Kier molecular flexibility index (Phi) is 4.36. The summed E-state index contributed by atoms with van der Waals surface area (Å²) in [7, 11) is 0. The van der Waals surface area contributed by atoms with Crippen molar-refractivity contribution in [3.05, 3.63) is 68.5 Å². The van der Waals surface area contributed by atoms with E-state index in [4.69, 9.17) is 21.6 Å². The number of nitro benzene ring substituents is 1. The highest BCUT2D eigenvalue weighted by molar-refractivity contribution is 6.30. The summed E-state index contributed by atoms with van der Waals surface area (Å²) < 4.78 is 18.9. The smallest absolute Gasteiger partial charge is 0.277 e. The van der Waals surface area contributed by atoms with Gasteiger partial charge in [-0.2, -0.15) is 5.26 Å². The fraction of sp³-hybridized carbons (Fsp3) is 0.0714. The monoisotopic (exact) mass is 306 g/mol. The summed E-state index contributed by atoms with van der Waals surface area (Å²) >= 11 is 5.70. The average Bonchev–Trinajstić information content (AvgIpc) is 2.46. The maximum absolute atomic E-state index is 13.6. The van der Waals surface area contributed by atoms with Crippen molar-refractivity contribution in [2.24, 2.45) is 0 Å². The minimum Gasteiger partial charge on any atom is -0.486 e. The Morgan fingerprint density at radius 3 is 2.71 bits per heavy atom. The molecule has 0 N–H and O–H groups in total. The predicted octanol–water partition coefficient (Wildman–Crippen LogP) is 3.84. The van der Waals surface area contributed by atoms with Crippen molar-refractivity contribution in [3.63, 3.8) is 0 Å². The van der Waals surface area contributed by atoms with Crippen LogP contribution >= 0.6 is 11.6 Å². The second-order valence-electron chi connectivity index (χ2n) is 4.08. The topological polar surface area (TPSA) is 76.2 Å². The summed E-state index contributed by atoms with van der Waals surface area (Å²) in [5, 5.41) is 19.8. The minimum atomic E-state index is -0.703. The van der Waals surface area contributed by atoms with Crippen LogP contribution in [-0.2, 0) is 6.61 Å². The number of ether oxygens (including phenoxy) is 1. The van der Waals surface area contributed by atoms with Crippen LogP contribution in [0.3, 0.4) is 0 Å². The van der Waals surface area contributed by atoms with Crippen molar-refractivity contribution in [3.8, 4) is 11.8 Å². The van der Waals surface area contributed by atoms with E-state index in [0.717, 1.165) is 6.07 Å². The van der Waals surface area contributed by atoms with Gasteiger partial charge in [0.25, 0.3) is 5.69 Å². The zero-order valence-corrected chi connectivity index (χ0v) is 11.3. The molecule has 0 bridgehead atoms. The lowest BCUT2D eigenvalue weighted by molar-refractivity contribution is -0.385. The fourth-order valence-corrected chi connectivity index (χ4v) is 1.84. The van der Waals surface area contributed by atoms with Gasteiger partial charge in [-0.1, -0.05) is 11.6 Å². The number of benzene rings is 2. The van der Waals surface area contributed by atoms with Crippen molar-refractivity contribution in [1.82, 2.24) is 0 Å². The Balaban J connectivity index is 2.21. The van der Waals surface area contributed by atoms with Gasteiger partial charge in [0.15, 0.2) is 11.6 Å². The summed E-state index contributed by atoms with van der Waals surface area (Å²) in [6.07, 6.45) is 0. The Morgan fingerprint density at radius 2 is 2.10 bits per heavy atom. The Labute approximate surface area is 124 Å². The van der Waals surface area contributed by atoms with E-state index in [1.165, 1.54) is 30.3 Å². The first-order valence-electron chi connectivity index (χ1n) is 5.76. The molecule has 0 aromatic heterocycles. The molecule has 2 aromatic carbocycles. The standard InChI is InChI=1S/C14H8ClFN2O3/c15-11-3-2-10(13(6-11)18(19)20)8-21-14-4-1-9(7-17)5-12(14)16/h1-6H,8H2. The number of hydrogen-bond donors (Lipinski definition) is 0. The highest BCUT2D eigenvalue weighted by Crippen LogP contribution is 2.25. The molecule has 5 nitrogen and oxygen atoms in total. The van der Waals surface area contributed by atoms with Crippen LogP contribution in [0, 0.1) is 27.3 Å². The van der Waals surface area contributed by atoms with Crippen LogP contribution in [0.5, 0.6) is 5.75 Å². The summed E-state index contributed by atoms with van der Waals surface area (Å²) in [5.74, 6) is -0.788. The molecule has 0 atom stereocenters. The van der Waals surface area contributed by atoms with Crippen LogP contribution in [0.2, 0.25) is 5.02 Å². The van der Waals surface area contributed by atoms with E-state index in [1.54, 1.807) is 6.07 Å². The largest absolute Gasteiger partial charge is 0.486 e. The summed E-state index contributed by atoms with van der Waals surface area (Å²) in [6, 6.07) is 9.67. The normalized spacial score (nSPS) is 9.95. The van der Waals surface area contributed by atoms with Gasteiger partial charge in [-0.05, 0) is 30.3 Å². The zero-order chi connectivity index (χ0) is 15.4. The zero-order valence-electron chi connectivity index (χ0n) is 10.5. The predicted molar refractivity (Wildman–Crippen MR) is 73.6 cm³/mol. The second-order valence-corrected chi connectivity index (χ2v) is 4.51. The molecular formula is C14H8ClFN2O3. The van der Waals surface area contributed by atoms with Gasteiger partial charge < -0.3 is 4.74 Å². The van der Waals surface area contributed by atoms with Gasteiger partial charge in [0.2, 0.25) is 0 Å². The van der Waals surface area contributed by atoms with Crippen molar-refractivity contribution < 1.29 is 14.1 Å². The van der Waals surface area contributed by atoms with E-state index in [1.807, 2.05) is 0 Å². The number of hydrogen-bond acceptors (Lipinski definition) is 4. The van der Waals surface area contributed by atoms with Gasteiger partial charge in [-0.25, -0.2) is 4.39 Å². The number of nitriles is 1. The molecule has 21 heavy (non-hydrogen) atoms. The highest BCUT2D eigenvalue weighted by Gasteiger charge is 2.15. The van der Waals surface area contributed by atoms with E-state index < -0.39 is 10.7 Å². The molecule has 7 heteroatoms. The van der Waals surface area contributed by atoms with E-state index in [0.29, 0.717) is 0 Å². The van der Waals surface area contributed by atoms with Gasteiger partial charge in [-0.15, -0.1) is 0 Å². The first-order valence-corrected chi connectivity index (χ1v) is 6.14. The van der Waals surface area contributed by atoms with E-state index in [2.05, 4.69) is 0 Å². The van der Waals surface area contributed by atoms with Crippen molar-refractivity contribution in [1.29, 1.82) is 5.26 Å². The Morgan fingerprint density at radius 1 is 1.33 bits per heavy atom. The number of rotatable bonds is 4. The first kappa shape index (κ1) is 14.8. The summed E-state index contributed by atoms with van der Waals surface area (Å²) in [4.78, 5) is 10.3. The van der Waals surface area contributed by atoms with E-state index >= 15 is 0 Å². The molecule has 2 rings (SSSR count). The molecule has 0 saturated carbocycles. The number of halogens is 2. The molecule has 0 spiro atoms. The third kappa shape index (κ3) is 3.46. The van der Waals surface area contributed by atoms with Crippen LogP contribution in [0.25, 0.3) is 0 Å². The summed E-state index contributed by atoms with van der Waals surface area (Å²) in [5.41, 5.74) is 0.238. The van der Waals surface area contributed by atoms with Gasteiger partial charge in [0.1, 0.15) is 6.61 Å². The average molecular weight is 307 g/mol. The van der Waals surface area contributed by atoms with Gasteiger partial charge in [0, 0.05) is 11.1 Å². The molecule has 0 amide bonds. The minimum absolute atomic E-state index is 0.0850. The molecule has 0 aliphatic rings. The maximum atomic E-state index is 13.6. The van der Waals surface area contributed by atoms with Crippen LogP contribution < -0.4 is 4.74 Å². The molecule has 0 aliphatic carbocycles. The van der Waals surface area contributed by atoms with Crippen LogP contribution in [0.4, 0.5) is 10.1 Å². The van der Waals surface area contributed by atoms with Crippen molar-refractivity contribution >= 4 is 17.3 Å². The molecular weight excluding hydrogens is 299 g/mol. The third-order valence-electron chi connectivity index (χ3n) is 2.69. The van der Waals surface area contributed by atoms with Crippen LogP contribution in [0.15, 0.2) is 36.4 Å². The first-order chi connectivity index (χ1) is 10.0. The molecule has 0 radical (unpaired) electrons. The van der Waals surface area contributed by atoms with E-state index in [9.17, 15) is 14.5 Å². The quantitative estimate of drug-likeness (QED) is 0.635. The molecule has 0 heterocycles. The molecule has 0 aliphatic heterocycles. The lowest BCUT2D eigenvalue weighted by Gasteiger charge is -2.08. The van der Waals surface area contributed by atoms with E-state index in [-0.39, 0.29) is 34.2 Å². The number of nitrogens with zero attached hydrogens (tertiary/aromatic N) is 2. The van der Waals surface area contributed by atoms with Gasteiger partial charge >= 0.3 is 0 Å². The fourth-order valence-electron chi connectivity index (χ4n) is 1.67. The van der Waals surface area contributed by atoms with Crippen LogP contribution in [0.1, 0.15) is 11.1 Å². The van der Waals surface area contributed by atoms with Gasteiger partial charge in [-0.3, -0.25) is 10.1 Å². The lowest BCUT2D eigenvalue weighted by atomic mass is 10.2. The molecule has 106 valence electrons.